The minimum absolute atomic E-state index is 0.144. The molecule has 1 N–H and O–H groups in total. The van der Waals surface area contributed by atoms with E-state index in [-0.39, 0.29) is 6.10 Å². The molecule has 160 valence electrons. The Balaban J connectivity index is 1.59. The lowest BCUT2D eigenvalue weighted by Crippen LogP contribution is -2.43. The molecule has 1 saturated carbocycles. The van der Waals surface area contributed by atoms with Crippen LogP contribution < -0.4 is 9.46 Å². The molecule has 0 spiro atoms. The number of ether oxygens (including phenoxy) is 1. The van der Waals surface area contributed by atoms with E-state index in [1.54, 1.807) is 24.6 Å². The van der Waals surface area contributed by atoms with Gasteiger partial charge >= 0.3 is 0 Å². The molecule has 2 aromatic heterocycles. The van der Waals surface area contributed by atoms with Crippen LogP contribution in [0.5, 0.6) is 5.88 Å². The van der Waals surface area contributed by atoms with Gasteiger partial charge in [-0.15, -0.1) is 11.3 Å². The van der Waals surface area contributed by atoms with E-state index in [4.69, 9.17) is 4.74 Å². The zero-order valence-corrected chi connectivity index (χ0v) is 18.9. The van der Waals surface area contributed by atoms with Gasteiger partial charge in [0.25, 0.3) is 10.2 Å². The van der Waals surface area contributed by atoms with Gasteiger partial charge in [-0.2, -0.15) is 12.7 Å². The second-order valence-corrected chi connectivity index (χ2v) is 10.8. The van der Waals surface area contributed by atoms with Crippen LogP contribution in [0.3, 0.4) is 0 Å². The number of rotatable bonds is 6. The third-order valence-electron chi connectivity index (χ3n) is 5.88. The molecule has 0 aromatic carbocycles. The van der Waals surface area contributed by atoms with Crippen molar-refractivity contribution in [1.82, 2.24) is 23.9 Å². The van der Waals surface area contributed by atoms with Gasteiger partial charge in [0.2, 0.25) is 5.88 Å². The van der Waals surface area contributed by atoms with Crippen LogP contribution in [0.4, 0.5) is 0 Å². The molecule has 10 heteroatoms. The van der Waals surface area contributed by atoms with Crippen molar-refractivity contribution >= 4 is 31.8 Å². The molecular weight excluding hydrogens is 410 g/mol. The van der Waals surface area contributed by atoms with Crippen molar-refractivity contribution in [2.24, 2.45) is 0 Å². The van der Waals surface area contributed by atoms with E-state index < -0.39 is 10.2 Å². The lowest BCUT2D eigenvalue weighted by molar-refractivity contribution is 0.108. The van der Waals surface area contributed by atoms with Crippen LogP contribution in [0.2, 0.25) is 0 Å². The number of aromatic nitrogens is 2. The zero-order valence-electron chi connectivity index (χ0n) is 17.2. The van der Waals surface area contributed by atoms with Crippen LogP contribution in [-0.4, -0.2) is 66.9 Å². The maximum atomic E-state index is 12.5. The number of nitrogens with one attached hydrogen (secondary N) is 1. The van der Waals surface area contributed by atoms with Crippen molar-refractivity contribution in [2.45, 2.75) is 57.7 Å². The third-order valence-corrected chi connectivity index (χ3v) is 8.72. The van der Waals surface area contributed by atoms with Crippen LogP contribution >= 0.6 is 11.3 Å². The van der Waals surface area contributed by atoms with Crippen molar-refractivity contribution in [3.63, 3.8) is 0 Å². The maximum Gasteiger partial charge on any atom is 0.279 e. The second-order valence-electron chi connectivity index (χ2n) is 7.96. The van der Waals surface area contributed by atoms with Crippen LogP contribution in [0.1, 0.15) is 43.0 Å². The summed E-state index contributed by atoms with van der Waals surface area (Å²) in [7, 11) is 0.784. The fraction of sp³-hybridized carbons (Fsp3) is 0.684. The largest absolute Gasteiger partial charge is 0.474 e. The first-order chi connectivity index (χ1) is 13.9. The number of hydrogen-bond acceptors (Lipinski definition) is 7. The molecule has 29 heavy (non-hydrogen) atoms. The predicted octanol–water partition coefficient (Wildman–Crippen LogP) is 2.16. The Bertz CT molecular complexity index is 968. The van der Waals surface area contributed by atoms with Crippen molar-refractivity contribution in [3.05, 3.63) is 16.8 Å². The topological polar surface area (TPSA) is 87.7 Å². The summed E-state index contributed by atoms with van der Waals surface area (Å²) in [5.74, 6) is 0.600. The molecule has 1 aliphatic heterocycles. The minimum Gasteiger partial charge on any atom is -0.474 e. The molecule has 4 rings (SSSR count). The Labute approximate surface area is 176 Å². The van der Waals surface area contributed by atoms with Gasteiger partial charge in [-0.25, -0.2) is 14.7 Å². The smallest absolute Gasteiger partial charge is 0.279 e. The van der Waals surface area contributed by atoms with Crippen molar-refractivity contribution < 1.29 is 13.2 Å². The predicted molar refractivity (Wildman–Crippen MR) is 114 cm³/mol. The number of thiophene rings is 1. The van der Waals surface area contributed by atoms with Gasteiger partial charge in [0, 0.05) is 30.6 Å². The number of fused-ring (bicyclic) bond motifs is 3. The summed E-state index contributed by atoms with van der Waals surface area (Å²) in [4.78, 5) is 13.2. The molecule has 1 aliphatic carbocycles. The Morgan fingerprint density at radius 1 is 1.28 bits per heavy atom. The summed E-state index contributed by atoms with van der Waals surface area (Å²) >= 11 is 1.63. The highest BCUT2D eigenvalue weighted by molar-refractivity contribution is 7.87. The standard InChI is InChI=1S/C19H29N5O3S2/c1-4-22-29(25,26)24-10-9-16-15(11-24)17-18(20-12-21-19(17)28-16)27-14-7-5-13(6-8-14)23(2)3/h12-14,22H,4-11H2,1-3H3/t13-,14-. The number of hydrogen-bond donors (Lipinski definition) is 1. The van der Waals surface area contributed by atoms with Gasteiger partial charge < -0.3 is 9.64 Å². The molecule has 0 radical (unpaired) electrons. The summed E-state index contributed by atoms with van der Waals surface area (Å²) in [6.07, 6.45) is 6.62. The van der Waals surface area contributed by atoms with Crippen molar-refractivity contribution in [3.8, 4) is 5.88 Å². The van der Waals surface area contributed by atoms with Crippen molar-refractivity contribution in [2.75, 3.05) is 27.2 Å². The first kappa shape index (κ1) is 20.9. The monoisotopic (exact) mass is 439 g/mol. The van der Waals surface area contributed by atoms with E-state index in [9.17, 15) is 8.42 Å². The maximum absolute atomic E-state index is 12.5. The van der Waals surface area contributed by atoms with Gasteiger partial charge in [-0.3, -0.25) is 0 Å². The van der Waals surface area contributed by atoms with Crippen LogP contribution in [-0.2, 0) is 23.2 Å². The highest BCUT2D eigenvalue weighted by Crippen LogP contribution is 2.39. The van der Waals surface area contributed by atoms with Crippen LogP contribution in [0.15, 0.2) is 6.33 Å². The fourth-order valence-electron chi connectivity index (χ4n) is 4.26. The van der Waals surface area contributed by atoms with Gasteiger partial charge in [-0.05, 0) is 51.8 Å². The van der Waals surface area contributed by atoms with Crippen LogP contribution in [0.25, 0.3) is 10.2 Å². The Hall–Kier alpha value is -1.33. The SMILES string of the molecule is CCNS(=O)(=O)N1CCc2sc3ncnc(O[C@H]4CC[C@H](N(C)C)CC4)c3c2C1. The van der Waals surface area contributed by atoms with Crippen molar-refractivity contribution in [1.29, 1.82) is 0 Å². The summed E-state index contributed by atoms with van der Waals surface area (Å²) in [5, 5.41) is 0.888. The molecule has 0 unspecified atom stereocenters. The summed E-state index contributed by atoms with van der Waals surface area (Å²) in [5.41, 5.74) is 0.996. The molecule has 1 fully saturated rings. The van der Waals surface area contributed by atoms with E-state index in [0.717, 1.165) is 41.5 Å². The Kier molecular flexibility index (Phi) is 6.08. The summed E-state index contributed by atoms with van der Waals surface area (Å²) < 4.78 is 35.4. The molecular formula is C19H29N5O3S2. The zero-order chi connectivity index (χ0) is 20.6. The summed E-state index contributed by atoms with van der Waals surface area (Å²) in [6, 6.07) is 0.610. The minimum atomic E-state index is -3.48. The molecule has 2 aliphatic rings. The van der Waals surface area contributed by atoms with E-state index >= 15 is 0 Å². The quantitative estimate of drug-likeness (QED) is 0.742. The lowest BCUT2D eigenvalue weighted by atomic mass is 9.92. The molecule has 8 nitrogen and oxygen atoms in total. The van der Waals surface area contributed by atoms with E-state index in [1.807, 2.05) is 0 Å². The molecule has 0 saturated heterocycles. The molecule has 0 bridgehead atoms. The lowest BCUT2D eigenvalue weighted by Gasteiger charge is -2.32. The first-order valence-electron chi connectivity index (χ1n) is 10.2. The number of nitrogens with zero attached hydrogens (tertiary/aromatic N) is 4. The normalized spacial score (nSPS) is 23.4. The van der Waals surface area contributed by atoms with Gasteiger partial charge in [-0.1, -0.05) is 6.92 Å². The second kappa shape index (κ2) is 8.43. The molecule has 0 atom stereocenters. The third kappa shape index (κ3) is 4.27. The van der Waals surface area contributed by atoms with E-state index in [0.29, 0.717) is 38.0 Å². The highest BCUT2D eigenvalue weighted by atomic mass is 32.2. The van der Waals surface area contributed by atoms with Gasteiger partial charge in [0.1, 0.15) is 17.3 Å². The molecule has 3 heterocycles. The molecule has 2 aromatic rings. The average molecular weight is 440 g/mol. The Morgan fingerprint density at radius 2 is 2.03 bits per heavy atom. The van der Waals surface area contributed by atoms with Gasteiger partial charge in [0.05, 0.1) is 5.39 Å². The Morgan fingerprint density at radius 3 is 2.72 bits per heavy atom. The average Bonchev–Trinajstić information content (AvgIpc) is 3.07. The summed E-state index contributed by atoms with van der Waals surface area (Å²) in [6.45, 7) is 2.98. The highest BCUT2D eigenvalue weighted by Gasteiger charge is 2.31. The molecule has 0 amide bonds. The fourth-order valence-corrected chi connectivity index (χ4v) is 6.57. The van der Waals surface area contributed by atoms with E-state index in [1.165, 1.54) is 9.18 Å². The van der Waals surface area contributed by atoms with E-state index in [2.05, 4.69) is 33.7 Å². The van der Waals surface area contributed by atoms with Gasteiger partial charge in [0.15, 0.2) is 0 Å². The van der Waals surface area contributed by atoms with Crippen LogP contribution in [0, 0.1) is 0 Å². The first-order valence-corrected chi connectivity index (χ1v) is 12.5.